The smallest absolute Gasteiger partial charge is 0.303 e. The standard InChI is InChI=1S/C21H34O5/c1-3-4-9-13-21(2,26)14-12-17-16(18(22)15-19(17)23)10-7-5-6-8-11-20(24)25/h5,7,12,14,16-17,19,23,26H,3-4,6,8-11,13,15H2,1-2H3,(H,24,25)/b7-5-,14-12+/t16-,17-,19?,21-/m1/s1. The third-order valence-electron chi connectivity index (χ3n) is 5.01. The molecular formula is C21H34O5. The molecule has 1 rings (SSSR count). The summed E-state index contributed by atoms with van der Waals surface area (Å²) in [6, 6.07) is 0. The summed E-state index contributed by atoms with van der Waals surface area (Å²) < 4.78 is 0. The summed E-state index contributed by atoms with van der Waals surface area (Å²) in [5, 5.41) is 29.3. The zero-order valence-electron chi connectivity index (χ0n) is 16.1. The van der Waals surface area contributed by atoms with E-state index in [1.165, 1.54) is 0 Å². The Morgan fingerprint density at radius 1 is 1.27 bits per heavy atom. The van der Waals surface area contributed by atoms with Gasteiger partial charge in [0.15, 0.2) is 0 Å². The van der Waals surface area contributed by atoms with Crippen molar-refractivity contribution in [2.45, 2.75) is 83.3 Å². The molecule has 0 saturated heterocycles. The minimum Gasteiger partial charge on any atom is -0.481 e. The van der Waals surface area contributed by atoms with E-state index in [1.807, 2.05) is 18.2 Å². The molecule has 0 amide bonds. The van der Waals surface area contributed by atoms with Gasteiger partial charge >= 0.3 is 5.97 Å². The van der Waals surface area contributed by atoms with E-state index in [4.69, 9.17) is 5.11 Å². The van der Waals surface area contributed by atoms with E-state index in [2.05, 4.69) is 6.92 Å². The summed E-state index contributed by atoms with van der Waals surface area (Å²) in [5.74, 6) is -1.30. The van der Waals surface area contributed by atoms with Gasteiger partial charge in [-0.2, -0.15) is 0 Å². The molecule has 1 saturated carbocycles. The summed E-state index contributed by atoms with van der Waals surface area (Å²) in [7, 11) is 0. The zero-order valence-corrected chi connectivity index (χ0v) is 16.1. The molecule has 3 N–H and O–H groups in total. The topological polar surface area (TPSA) is 94.8 Å². The largest absolute Gasteiger partial charge is 0.481 e. The highest BCUT2D eigenvalue weighted by Gasteiger charge is 2.39. The molecule has 1 fully saturated rings. The lowest BCUT2D eigenvalue weighted by molar-refractivity contribution is -0.137. The van der Waals surface area contributed by atoms with Crippen molar-refractivity contribution in [1.82, 2.24) is 0 Å². The van der Waals surface area contributed by atoms with Gasteiger partial charge in [0, 0.05) is 24.7 Å². The second-order valence-corrected chi connectivity index (χ2v) is 7.59. The normalized spacial score (nSPS) is 26.0. The summed E-state index contributed by atoms with van der Waals surface area (Å²) in [5.41, 5.74) is -0.919. The Kier molecular flexibility index (Phi) is 9.81. The van der Waals surface area contributed by atoms with Gasteiger partial charge in [0.25, 0.3) is 0 Å². The van der Waals surface area contributed by atoms with Gasteiger partial charge in [-0.1, -0.05) is 50.5 Å². The number of allylic oxidation sites excluding steroid dienone is 2. The molecule has 5 nitrogen and oxygen atoms in total. The van der Waals surface area contributed by atoms with E-state index in [1.54, 1.807) is 13.0 Å². The first-order valence-corrected chi connectivity index (χ1v) is 9.76. The van der Waals surface area contributed by atoms with Crippen molar-refractivity contribution in [2.75, 3.05) is 0 Å². The first-order chi connectivity index (χ1) is 12.3. The lowest BCUT2D eigenvalue weighted by Crippen LogP contribution is -2.23. The van der Waals surface area contributed by atoms with Gasteiger partial charge in [-0.3, -0.25) is 9.59 Å². The van der Waals surface area contributed by atoms with Gasteiger partial charge in [-0.15, -0.1) is 0 Å². The van der Waals surface area contributed by atoms with E-state index in [9.17, 15) is 19.8 Å². The summed E-state index contributed by atoms with van der Waals surface area (Å²) >= 11 is 0. The van der Waals surface area contributed by atoms with Crippen molar-refractivity contribution in [3.05, 3.63) is 24.3 Å². The van der Waals surface area contributed by atoms with Gasteiger partial charge < -0.3 is 15.3 Å². The molecule has 0 bridgehead atoms. The molecule has 0 spiro atoms. The van der Waals surface area contributed by atoms with Gasteiger partial charge in [0.05, 0.1) is 11.7 Å². The molecule has 0 heterocycles. The summed E-state index contributed by atoms with van der Waals surface area (Å²) in [6.07, 6.45) is 12.5. The van der Waals surface area contributed by atoms with Gasteiger partial charge in [-0.05, 0) is 32.6 Å². The number of carbonyl (C=O) groups excluding carboxylic acids is 1. The van der Waals surface area contributed by atoms with E-state index >= 15 is 0 Å². The Morgan fingerprint density at radius 3 is 2.65 bits per heavy atom. The quantitative estimate of drug-likeness (QED) is 0.362. The Balaban J connectivity index is 2.58. The van der Waals surface area contributed by atoms with Gasteiger partial charge in [0.1, 0.15) is 5.78 Å². The Bertz CT molecular complexity index is 507. The number of aliphatic hydroxyl groups is 2. The number of carboxylic acid groups (broad SMARTS) is 1. The predicted octanol–water partition coefficient (Wildman–Crippen LogP) is 3.64. The number of hydrogen-bond donors (Lipinski definition) is 3. The number of hydrogen-bond acceptors (Lipinski definition) is 4. The van der Waals surface area contributed by atoms with Crippen LogP contribution in [0.1, 0.15) is 71.6 Å². The third kappa shape index (κ3) is 8.28. The molecule has 0 aromatic heterocycles. The highest BCUT2D eigenvalue weighted by atomic mass is 16.4. The van der Waals surface area contributed by atoms with Crippen LogP contribution in [0.3, 0.4) is 0 Å². The monoisotopic (exact) mass is 366 g/mol. The van der Waals surface area contributed by atoms with Crippen molar-refractivity contribution in [1.29, 1.82) is 0 Å². The number of aliphatic hydroxyl groups excluding tert-OH is 1. The lowest BCUT2D eigenvalue weighted by Gasteiger charge is -2.21. The highest BCUT2D eigenvalue weighted by Crippen LogP contribution is 2.34. The van der Waals surface area contributed by atoms with Gasteiger partial charge in [0.2, 0.25) is 0 Å². The van der Waals surface area contributed by atoms with Crippen LogP contribution in [-0.4, -0.2) is 38.8 Å². The number of carboxylic acids is 1. The lowest BCUT2D eigenvalue weighted by atomic mass is 9.88. The van der Waals surface area contributed by atoms with Crippen molar-refractivity contribution in [2.24, 2.45) is 11.8 Å². The maximum absolute atomic E-state index is 12.2. The molecule has 4 atom stereocenters. The summed E-state index contributed by atoms with van der Waals surface area (Å²) in [4.78, 5) is 22.6. The Morgan fingerprint density at radius 2 is 2.00 bits per heavy atom. The van der Waals surface area contributed by atoms with E-state index < -0.39 is 17.7 Å². The molecule has 5 heteroatoms. The molecule has 0 aromatic rings. The van der Waals surface area contributed by atoms with Crippen LogP contribution in [0.2, 0.25) is 0 Å². The van der Waals surface area contributed by atoms with E-state index in [0.717, 1.165) is 19.3 Å². The second-order valence-electron chi connectivity index (χ2n) is 7.59. The molecular weight excluding hydrogens is 332 g/mol. The molecule has 148 valence electrons. The van der Waals surface area contributed by atoms with Crippen molar-refractivity contribution in [3.8, 4) is 0 Å². The van der Waals surface area contributed by atoms with Crippen LogP contribution < -0.4 is 0 Å². The number of rotatable bonds is 12. The third-order valence-corrected chi connectivity index (χ3v) is 5.01. The van der Waals surface area contributed by atoms with E-state index in [0.29, 0.717) is 25.7 Å². The number of unbranched alkanes of at least 4 members (excludes halogenated alkanes) is 3. The van der Waals surface area contributed by atoms with E-state index in [-0.39, 0.29) is 30.5 Å². The number of Topliss-reactive ketones (excluding diaryl/α,β-unsaturated/α-hetero) is 1. The maximum Gasteiger partial charge on any atom is 0.303 e. The SMILES string of the molecule is CCCCC[C@@](C)(O)/C=C/[C@H]1C(O)CC(=O)[C@@H]1C/C=C\CCCC(=O)O. The second kappa shape index (κ2) is 11.3. The average molecular weight is 366 g/mol. The average Bonchev–Trinajstić information content (AvgIpc) is 2.82. The van der Waals surface area contributed by atoms with Crippen LogP contribution in [0.25, 0.3) is 0 Å². The Hall–Kier alpha value is -1.46. The molecule has 1 aliphatic rings. The van der Waals surface area contributed by atoms with Crippen LogP contribution >= 0.6 is 0 Å². The molecule has 0 radical (unpaired) electrons. The fraction of sp³-hybridized carbons (Fsp3) is 0.714. The number of aliphatic carboxylic acids is 1. The molecule has 0 aliphatic heterocycles. The van der Waals surface area contributed by atoms with Crippen LogP contribution in [-0.2, 0) is 9.59 Å². The highest BCUT2D eigenvalue weighted by molar-refractivity contribution is 5.84. The van der Waals surface area contributed by atoms with Crippen LogP contribution in [0.5, 0.6) is 0 Å². The number of carbonyl (C=O) groups is 2. The predicted molar refractivity (Wildman–Crippen MR) is 102 cm³/mol. The summed E-state index contributed by atoms with van der Waals surface area (Å²) in [6.45, 7) is 3.88. The van der Waals surface area contributed by atoms with Crippen molar-refractivity contribution in [3.63, 3.8) is 0 Å². The van der Waals surface area contributed by atoms with Crippen LogP contribution in [0.15, 0.2) is 24.3 Å². The molecule has 1 unspecified atom stereocenters. The molecule has 26 heavy (non-hydrogen) atoms. The van der Waals surface area contributed by atoms with Crippen LogP contribution in [0.4, 0.5) is 0 Å². The van der Waals surface area contributed by atoms with Crippen molar-refractivity contribution >= 4 is 11.8 Å². The minimum absolute atomic E-state index is 0.0490. The fourth-order valence-electron chi connectivity index (χ4n) is 3.39. The van der Waals surface area contributed by atoms with Gasteiger partial charge in [-0.25, -0.2) is 0 Å². The molecule has 0 aromatic carbocycles. The first kappa shape index (κ1) is 22.6. The maximum atomic E-state index is 12.2. The minimum atomic E-state index is -0.919. The Labute approximate surface area is 156 Å². The fourth-order valence-corrected chi connectivity index (χ4v) is 3.39. The first-order valence-electron chi connectivity index (χ1n) is 9.76. The van der Waals surface area contributed by atoms with Crippen LogP contribution in [0, 0.1) is 11.8 Å². The zero-order chi connectivity index (χ0) is 19.6. The molecule has 1 aliphatic carbocycles. The van der Waals surface area contributed by atoms with Crippen molar-refractivity contribution < 1.29 is 24.9 Å². The number of ketones is 1.